The Hall–Kier alpha value is -2.93. The zero-order valence-corrected chi connectivity index (χ0v) is 12.6. The van der Waals surface area contributed by atoms with Crippen molar-refractivity contribution < 1.29 is 9.53 Å². The van der Waals surface area contributed by atoms with Gasteiger partial charge in [0.15, 0.2) is 0 Å². The number of carbonyl (C=O) groups is 1. The Morgan fingerprint density at radius 3 is 2.87 bits per heavy atom. The van der Waals surface area contributed by atoms with Crippen molar-refractivity contribution in [1.82, 2.24) is 14.8 Å². The Morgan fingerprint density at radius 2 is 2.13 bits per heavy atom. The number of H-pyrrole nitrogens is 1. The van der Waals surface area contributed by atoms with Gasteiger partial charge in [-0.25, -0.2) is 4.98 Å². The quantitative estimate of drug-likeness (QED) is 0.750. The first-order chi connectivity index (χ1) is 11.2. The molecule has 2 N–H and O–H groups in total. The highest BCUT2D eigenvalue weighted by Gasteiger charge is 2.11. The summed E-state index contributed by atoms with van der Waals surface area (Å²) in [6, 6.07) is 11.1. The first-order valence-electron chi connectivity index (χ1n) is 7.14. The second kappa shape index (κ2) is 6.45. The van der Waals surface area contributed by atoms with Gasteiger partial charge in [0, 0.05) is 19.4 Å². The van der Waals surface area contributed by atoms with Gasteiger partial charge in [-0.1, -0.05) is 18.2 Å². The van der Waals surface area contributed by atoms with Gasteiger partial charge in [0.25, 0.3) is 5.56 Å². The fourth-order valence-corrected chi connectivity index (χ4v) is 2.28. The predicted octanol–water partition coefficient (Wildman–Crippen LogP) is 1.69. The molecule has 1 amide bonds. The molecule has 7 heteroatoms. The zero-order chi connectivity index (χ0) is 16.2. The van der Waals surface area contributed by atoms with Crippen molar-refractivity contribution in [2.24, 2.45) is 0 Å². The number of benzene rings is 1. The fourth-order valence-electron chi connectivity index (χ4n) is 2.28. The number of ether oxygens (including phenoxy) is 1. The predicted molar refractivity (Wildman–Crippen MR) is 86.8 cm³/mol. The van der Waals surface area contributed by atoms with Gasteiger partial charge in [0.2, 0.25) is 5.91 Å². The maximum Gasteiger partial charge on any atom is 0.273 e. The molecule has 0 aliphatic rings. The highest BCUT2D eigenvalue weighted by molar-refractivity contribution is 5.92. The number of nitrogens with one attached hydrogen (secondary N) is 2. The summed E-state index contributed by atoms with van der Waals surface area (Å²) >= 11 is 0. The molecule has 2 aromatic heterocycles. The Morgan fingerprint density at radius 1 is 1.35 bits per heavy atom. The summed E-state index contributed by atoms with van der Waals surface area (Å²) < 4.78 is 6.54. The number of fused-ring (bicyclic) bond motifs is 1. The molecule has 0 unspecified atom stereocenters. The molecule has 2 heterocycles. The summed E-state index contributed by atoms with van der Waals surface area (Å²) in [6.07, 6.45) is 1.70. The largest absolute Gasteiger partial charge is 0.384 e. The minimum atomic E-state index is -0.228. The lowest BCUT2D eigenvalue weighted by molar-refractivity contribution is -0.117. The number of hydrogen-bond donors (Lipinski definition) is 2. The molecule has 23 heavy (non-hydrogen) atoms. The molecule has 0 bridgehead atoms. The molecule has 1 aromatic carbocycles. The van der Waals surface area contributed by atoms with Crippen LogP contribution in [0.25, 0.3) is 16.6 Å². The van der Waals surface area contributed by atoms with Gasteiger partial charge >= 0.3 is 0 Å². The van der Waals surface area contributed by atoms with Crippen LogP contribution in [0.3, 0.4) is 0 Å². The van der Waals surface area contributed by atoms with E-state index in [2.05, 4.69) is 15.4 Å². The van der Waals surface area contributed by atoms with E-state index in [0.29, 0.717) is 23.3 Å². The van der Waals surface area contributed by atoms with Crippen LogP contribution in [0, 0.1) is 0 Å². The lowest BCUT2D eigenvalue weighted by atomic mass is 10.3. The van der Waals surface area contributed by atoms with E-state index in [4.69, 9.17) is 4.74 Å². The van der Waals surface area contributed by atoms with Gasteiger partial charge in [-0.2, -0.15) is 0 Å². The Labute approximate surface area is 131 Å². The molecule has 3 aromatic rings. The first-order valence-corrected chi connectivity index (χ1v) is 7.14. The Kier molecular flexibility index (Phi) is 4.20. The summed E-state index contributed by atoms with van der Waals surface area (Å²) in [7, 11) is 1.54. The minimum absolute atomic E-state index is 0.192. The molecule has 0 fully saturated rings. The SMILES string of the molecule is COCCC(=O)Nc1cc2c(cn1)c(=O)[nH]n2-c1ccccc1. The molecule has 0 spiro atoms. The fraction of sp³-hybridized carbons (Fsp3) is 0.188. The van der Waals surface area contributed by atoms with Crippen molar-refractivity contribution in [3.8, 4) is 5.69 Å². The van der Waals surface area contributed by atoms with Crippen molar-refractivity contribution in [3.63, 3.8) is 0 Å². The van der Waals surface area contributed by atoms with Gasteiger partial charge in [-0.3, -0.25) is 19.4 Å². The highest BCUT2D eigenvalue weighted by atomic mass is 16.5. The Bertz CT molecular complexity index is 883. The third kappa shape index (κ3) is 3.14. The molecular formula is C16H16N4O3. The summed E-state index contributed by atoms with van der Waals surface area (Å²) in [5.74, 6) is 0.199. The molecule has 3 rings (SSSR count). The summed E-state index contributed by atoms with van der Waals surface area (Å²) in [4.78, 5) is 27.9. The van der Waals surface area contributed by atoms with Crippen LogP contribution in [-0.2, 0) is 9.53 Å². The van der Waals surface area contributed by atoms with Crippen LogP contribution in [0.4, 0.5) is 5.82 Å². The smallest absolute Gasteiger partial charge is 0.273 e. The summed E-state index contributed by atoms with van der Waals surface area (Å²) in [6.45, 7) is 0.340. The van der Waals surface area contributed by atoms with Crippen LogP contribution >= 0.6 is 0 Å². The molecule has 7 nitrogen and oxygen atoms in total. The van der Waals surface area contributed by atoms with Crippen molar-refractivity contribution >= 4 is 22.6 Å². The summed E-state index contributed by atoms with van der Waals surface area (Å²) in [5, 5.41) is 5.93. The van der Waals surface area contributed by atoms with Crippen LogP contribution in [-0.4, -0.2) is 34.4 Å². The van der Waals surface area contributed by atoms with E-state index in [1.807, 2.05) is 30.3 Å². The van der Waals surface area contributed by atoms with Gasteiger partial charge < -0.3 is 10.1 Å². The van der Waals surface area contributed by atoms with Crippen LogP contribution in [0.5, 0.6) is 0 Å². The van der Waals surface area contributed by atoms with Crippen LogP contribution in [0.1, 0.15) is 6.42 Å². The van der Waals surface area contributed by atoms with Gasteiger partial charge in [0.05, 0.1) is 29.6 Å². The van der Waals surface area contributed by atoms with E-state index < -0.39 is 0 Å². The van der Waals surface area contributed by atoms with Crippen LogP contribution < -0.4 is 10.9 Å². The average molecular weight is 312 g/mol. The van der Waals surface area contributed by atoms with Crippen molar-refractivity contribution in [3.05, 3.63) is 52.9 Å². The number of para-hydroxylation sites is 1. The third-order valence-corrected chi connectivity index (χ3v) is 3.40. The lowest BCUT2D eigenvalue weighted by Crippen LogP contribution is -2.14. The van der Waals surface area contributed by atoms with Gasteiger partial charge in [0.1, 0.15) is 5.82 Å². The number of aromatic amines is 1. The standard InChI is InChI=1S/C16H16N4O3/c1-23-8-7-15(21)18-14-9-13-12(10-17-14)16(22)19-20(13)11-5-3-2-4-6-11/h2-6,9-10H,7-8H2,1H3,(H,19,22)(H,17,18,21). The molecule has 0 aliphatic heterocycles. The van der Waals surface area contributed by atoms with E-state index >= 15 is 0 Å². The summed E-state index contributed by atoms with van der Waals surface area (Å²) in [5.41, 5.74) is 1.24. The zero-order valence-electron chi connectivity index (χ0n) is 12.6. The number of rotatable bonds is 5. The molecule has 0 saturated heterocycles. The van der Waals surface area contributed by atoms with E-state index in [1.54, 1.807) is 10.7 Å². The molecule has 118 valence electrons. The number of nitrogens with zero attached hydrogens (tertiary/aromatic N) is 2. The normalized spacial score (nSPS) is 10.8. The van der Waals surface area contributed by atoms with Crippen LogP contribution in [0.2, 0.25) is 0 Å². The molecular weight excluding hydrogens is 296 g/mol. The number of anilines is 1. The van der Waals surface area contributed by atoms with E-state index in [0.717, 1.165) is 5.69 Å². The third-order valence-electron chi connectivity index (χ3n) is 3.40. The number of hydrogen-bond acceptors (Lipinski definition) is 4. The number of amides is 1. The second-order valence-electron chi connectivity index (χ2n) is 4.99. The number of pyridine rings is 1. The number of aromatic nitrogens is 3. The van der Waals surface area contributed by atoms with Gasteiger partial charge in [-0.15, -0.1) is 0 Å². The molecule has 0 atom stereocenters. The monoisotopic (exact) mass is 312 g/mol. The maximum atomic E-state index is 12.0. The molecule has 0 aliphatic carbocycles. The van der Waals surface area contributed by atoms with Crippen molar-refractivity contribution in [2.75, 3.05) is 19.0 Å². The lowest BCUT2D eigenvalue weighted by Gasteiger charge is -2.06. The average Bonchev–Trinajstić information content (AvgIpc) is 2.90. The molecule has 0 saturated carbocycles. The maximum absolute atomic E-state index is 12.0. The molecule has 0 radical (unpaired) electrons. The van der Waals surface area contributed by atoms with Gasteiger partial charge in [-0.05, 0) is 12.1 Å². The Balaban J connectivity index is 1.98. The highest BCUT2D eigenvalue weighted by Crippen LogP contribution is 2.17. The van der Waals surface area contributed by atoms with Crippen molar-refractivity contribution in [1.29, 1.82) is 0 Å². The first kappa shape index (κ1) is 15.0. The van der Waals surface area contributed by atoms with Crippen molar-refractivity contribution in [2.45, 2.75) is 6.42 Å². The van der Waals surface area contributed by atoms with E-state index in [1.165, 1.54) is 13.3 Å². The topological polar surface area (TPSA) is 89.0 Å². The second-order valence-corrected chi connectivity index (χ2v) is 4.99. The number of methoxy groups -OCH3 is 1. The van der Waals surface area contributed by atoms with Crippen LogP contribution in [0.15, 0.2) is 47.4 Å². The number of carbonyl (C=O) groups excluding carboxylic acids is 1. The minimum Gasteiger partial charge on any atom is -0.384 e. The van der Waals surface area contributed by atoms with E-state index in [-0.39, 0.29) is 17.9 Å². The van der Waals surface area contributed by atoms with E-state index in [9.17, 15) is 9.59 Å².